The summed E-state index contributed by atoms with van der Waals surface area (Å²) in [5, 5.41) is 7.90. The molecule has 6 heteroatoms. The minimum absolute atomic E-state index is 0.454. The number of nitrogens with one attached hydrogen (secondary N) is 2. The molecule has 0 spiro atoms. The predicted octanol–water partition coefficient (Wildman–Crippen LogP) is -1.22. The number of nitrogens with two attached hydrogens (primary N) is 1. The Hall–Kier alpha value is -0.170. The van der Waals surface area contributed by atoms with Crippen molar-refractivity contribution in [3.63, 3.8) is 0 Å². The lowest BCUT2D eigenvalue weighted by Gasteiger charge is -2.26. The van der Waals surface area contributed by atoms with Crippen molar-refractivity contribution in [2.45, 2.75) is 12.8 Å². The van der Waals surface area contributed by atoms with E-state index in [1.165, 1.54) is 0 Å². The average Bonchev–Trinajstić information content (AvgIpc) is 1.80. The zero-order chi connectivity index (χ0) is 9.03. The summed E-state index contributed by atoms with van der Waals surface area (Å²) in [6, 6.07) is 0. The molecule has 0 aromatic rings. The SMILES string of the molecule is NS(=O)(=O)NCCCC1CNC1. The molecular formula is C6H15N3O2S. The Morgan fingerprint density at radius 3 is 2.58 bits per heavy atom. The molecule has 1 fully saturated rings. The molecule has 5 nitrogen and oxygen atoms in total. The summed E-state index contributed by atoms with van der Waals surface area (Å²) in [4.78, 5) is 0. The van der Waals surface area contributed by atoms with E-state index in [1.807, 2.05) is 0 Å². The second-order valence-electron chi connectivity index (χ2n) is 3.11. The maximum absolute atomic E-state index is 10.4. The standard InChI is InChI=1S/C6H15N3O2S/c7-12(10,11)9-3-1-2-6-4-8-5-6/h6,8-9H,1-5H2,(H2,7,10,11). The van der Waals surface area contributed by atoms with E-state index in [1.54, 1.807) is 0 Å². The van der Waals surface area contributed by atoms with Crippen LogP contribution in [0.5, 0.6) is 0 Å². The van der Waals surface area contributed by atoms with Gasteiger partial charge in [-0.15, -0.1) is 0 Å². The van der Waals surface area contributed by atoms with Crippen LogP contribution in [0.25, 0.3) is 0 Å². The monoisotopic (exact) mass is 193 g/mol. The number of hydrogen-bond donors (Lipinski definition) is 3. The molecule has 0 aliphatic carbocycles. The van der Waals surface area contributed by atoms with Crippen molar-refractivity contribution in [2.24, 2.45) is 11.1 Å². The van der Waals surface area contributed by atoms with E-state index in [-0.39, 0.29) is 0 Å². The summed E-state index contributed by atoms with van der Waals surface area (Å²) in [6.07, 6.45) is 1.93. The fraction of sp³-hybridized carbons (Fsp3) is 1.00. The Morgan fingerprint density at radius 2 is 2.17 bits per heavy atom. The van der Waals surface area contributed by atoms with Gasteiger partial charge in [0.2, 0.25) is 0 Å². The highest BCUT2D eigenvalue weighted by Crippen LogP contribution is 2.09. The van der Waals surface area contributed by atoms with E-state index in [4.69, 9.17) is 5.14 Å². The van der Waals surface area contributed by atoms with Crippen LogP contribution in [-0.4, -0.2) is 28.1 Å². The van der Waals surface area contributed by atoms with Gasteiger partial charge in [0.05, 0.1) is 0 Å². The largest absolute Gasteiger partial charge is 0.316 e. The lowest BCUT2D eigenvalue weighted by atomic mass is 9.98. The summed E-state index contributed by atoms with van der Waals surface area (Å²) in [7, 11) is -3.48. The zero-order valence-electron chi connectivity index (χ0n) is 6.91. The highest BCUT2D eigenvalue weighted by molar-refractivity contribution is 7.87. The molecule has 0 saturated carbocycles. The van der Waals surface area contributed by atoms with E-state index in [0.29, 0.717) is 6.54 Å². The molecule has 0 aromatic carbocycles. The van der Waals surface area contributed by atoms with Gasteiger partial charge in [-0.1, -0.05) is 0 Å². The molecule has 0 bridgehead atoms. The van der Waals surface area contributed by atoms with Crippen LogP contribution in [0.2, 0.25) is 0 Å². The van der Waals surface area contributed by atoms with E-state index in [2.05, 4.69) is 10.0 Å². The first-order valence-electron chi connectivity index (χ1n) is 4.06. The van der Waals surface area contributed by atoms with Crippen LogP contribution in [0.1, 0.15) is 12.8 Å². The molecule has 1 aliphatic rings. The van der Waals surface area contributed by atoms with Crippen molar-refractivity contribution in [2.75, 3.05) is 19.6 Å². The molecule has 0 aromatic heterocycles. The Bertz CT molecular complexity index is 223. The molecule has 1 saturated heterocycles. The second kappa shape index (κ2) is 4.18. The average molecular weight is 193 g/mol. The van der Waals surface area contributed by atoms with Crippen LogP contribution in [0.3, 0.4) is 0 Å². The quantitative estimate of drug-likeness (QED) is 0.478. The van der Waals surface area contributed by atoms with Gasteiger partial charge in [0.15, 0.2) is 0 Å². The third-order valence-corrected chi connectivity index (χ3v) is 2.56. The molecule has 0 amide bonds. The molecule has 1 heterocycles. The van der Waals surface area contributed by atoms with Gasteiger partial charge in [0.1, 0.15) is 0 Å². The smallest absolute Gasteiger partial charge is 0.274 e. The minimum Gasteiger partial charge on any atom is -0.316 e. The summed E-state index contributed by atoms with van der Waals surface area (Å²) in [6.45, 7) is 2.58. The maximum atomic E-state index is 10.4. The zero-order valence-corrected chi connectivity index (χ0v) is 7.73. The predicted molar refractivity (Wildman–Crippen MR) is 46.7 cm³/mol. The molecule has 12 heavy (non-hydrogen) atoms. The third kappa shape index (κ3) is 4.01. The van der Waals surface area contributed by atoms with Crippen LogP contribution in [-0.2, 0) is 10.2 Å². The fourth-order valence-corrected chi connectivity index (χ4v) is 1.59. The van der Waals surface area contributed by atoms with Gasteiger partial charge in [-0.25, -0.2) is 9.86 Å². The van der Waals surface area contributed by atoms with Crippen LogP contribution < -0.4 is 15.2 Å². The van der Waals surface area contributed by atoms with E-state index in [9.17, 15) is 8.42 Å². The van der Waals surface area contributed by atoms with Crippen molar-refractivity contribution in [3.05, 3.63) is 0 Å². The maximum Gasteiger partial charge on any atom is 0.274 e. The van der Waals surface area contributed by atoms with Crippen molar-refractivity contribution in [1.29, 1.82) is 0 Å². The normalized spacial score (nSPS) is 19.1. The first kappa shape index (κ1) is 9.91. The molecule has 1 rings (SSSR count). The highest BCUT2D eigenvalue weighted by atomic mass is 32.2. The Balaban J connectivity index is 1.95. The molecule has 0 radical (unpaired) electrons. The van der Waals surface area contributed by atoms with Gasteiger partial charge in [0, 0.05) is 6.54 Å². The minimum atomic E-state index is -3.48. The topological polar surface area (TPSA) is 84.2 Å². The molecule has 72 valence electrons. The molecule has 0 atom stereocenters. The van der Waals surface area contributed by atoms with Gasteiger partial charge in [0.25, 0.3) is 10.2 Å². The first-order valence-corrected chi connectivity index (χ1v) is 5.60. The van der Waals surface area contributed by atoms with Crippen molar-refractivity contribution < 1.29 is 8.42 Å². The third-order valence-electron chi connectivity index (χ3n) is 1.96. The summed E-state index contributed by atoms with van der Waals surface area (Å²) >= 11 is 0. The Kier molecular flexibility index (Phi) is 3.45. The van der Waals surface area contributed by atoms with Crippen LogP contribution in [0, 0.1) is 5.92 Å². The lowest BCUT2D eigenvalue weighted by molar-refractivity contribution is 0.321. The van der Waals surface area contributed by atoms with E-state index in [0.717, 1.165) is 31.8 Å². The van der Waals surface area contributed by atoms with E-state index < -0.39 is 10.2 Å². The lowest BCUT2D eigenvalue weighted by Crippen LogP contribution is -2.42. The summed E-state index contributed by atoms with van der Waals surface area (Å²) in [5.74, 6) is 0.729. The van der Waals surface area contributed by atoms with Crippen molar-refractivity contribution >= 4 is 10.2 Å². The Labute approximate surface area is 72.9 Å². The highest BCUT2D eigenvalue weighted by Gasteiger charge is 2.15. The van der Waals surface area contributed by atoms with Crippen molar-refractivity contribution in [1.82, 2.24) is 10.0 Å². The second-order valence-corrected chi connectivity index (χ2v) is 4.48. The summed E-state index contributed by atoms with van der Waals surface area (Å²) < 4.78 is 23.1. The number of rotatable bonds is 5. The Morgan fingerprint density at radius 1 is 1.50 bits per heavy atom. The molecular weight excluding hydrogens is 178 g/mol. The molecule has 1 aliphatic heterocycles. The van der Waals surface area contributed by atoms with Gasteiger partial charge < -0.3 is 5.32 Å². The van der Waals surface area contributed by atoms with Gasteiger partial charge in [-0.05, 0) is 31.8 Å². The van der Waals surface area contributed by atoms with Gasteiger partial charge >= 0.3 is 0 Å². The first-order chi connectivity index (χ1) is 5.58. The number of hydrogen-bond acceptors (Lipinski definition) is 3. The molecule has 4 N–H and O–H groups in total. The van der Waals surface area contributed by atoms with Gasteiger partial charge in [-0.3, -0.25) is 0 Å². The van der Waals surface area contributed by atoms with Crippen LogP contribution in [0.15, 0.2) is 0 Å². The van der Waals surface area contributed by atoms with Crippen LogP contribution in [0.4, 0.5) is 0 Å². The fourth-order valence-electron chi connectivity index (χ4n) is 1.16. The molecule has 0 unspecified atom stereocenters. The van der Waals surface area contributed by atoms with E-state index >= 15 is 0 Å². The van der Waals surface area contributed by atoms with Crippen LogP contribution >= 0.6 is 0 Å². The summed E-state index contributed by atoms with van der Waals surface area (Å²) in [5.41, 5.74) is 0. The van der Waals surface area contributed by atoms with Gasteiger partial charge in [-0.2, -0.15) is 8.42 Å². The van der Waals surface area contributed by atoms with Crippen molar-refractivity contribution in [3.8, 4) is 0 Å².